The second-order valence-corrected chi connectivity index (χ2v) is 4.09. The maximum Gasteiger partial charge on any atom is 0.0561 e. The van der Waals surface area contributed by atoms with Gasteiger partial charge in [-0.2, -0.15) is 0 Å². The fourth-order valence-electron chi connectivity index (χ4n) is 1.72. The Morgan fingerprint density at radius 3 is 2.71 bits per heavy atom. The van der Waals surface area contributed by atoms with E-state index in [1.165, 1.54) is 11.1 Å². The molecule has 1 aromatic carbocycles. The van der Waals surface area contributed by atoms with Crippen molar-refractivity contribution in [3.63, 3.8) is 0 Å². The summed E-state index contributed by atoms with van der Waals surface area (Å²) in [6, 6.07) is 8.45. The van der Waals surface area contributed by atoms with Crippen molar-refractivity contribution < 1.29 is 0 Å². The lowest BCUT2D eigenvalue weighted by atomic mass is 9.94. The Morgan fingerprint density at radius 1 is 1.50 bits per heavy atom. The van der Waals surface area contributed by atoms with Gasteiger partial charge in [-0.15, -0.1) is 6.42 Å². The largest absolute Gasteiger partial charge is 0.119 e. The van der Waals surface area contributed by atoms with Crippen LogP contribution in [0.4, 0.5) is 0 Å². The number of hydrogen-bond acceptors (Lipinski definition) is 0. The first kappa shape index (κ1) is 9.09. The van der Waals surface area contributed by atoms with Gasteiger partial charge in [-0.3, -0.25) is 0 Å². The number of allylic oxidation sites excluding steroid dienone is 1. The van der Waals surface area contributed by atoms with Crippen molar-refractivity contribution in [3.05, 3.63) is 42.0 Å². The molecule has 1 aliphatic carbocycles. The van der Waals surface area contributed by atoms with Gasteiger partial charge in [0, 0.05) is 0 Å². The van der Waals surface area contributed by atoms with E-state index >= 15 is 0 Å². The van der Waals surface area contributed by atoms with Crippen molar-refractivity contribution in [2.24, 2.45) is 0 Å². The van der Waals surface area contributed by atoms with E-state index in [9.17, 15) is 0 Å². The molecule has 0 heterocycles. The van der Waals surface area contributed by atoms with E-state index in [-0.39, 0.29) is 5.41 Å². The summed E-state index contributed by atoms with van der Waals surface area (Å²) >= 11 is 0. The van der Waals surface area contributed by atoms with Gasteiger partial charge in [0.05, 0.1) is 5.41 Å². The highest BCUT2D eigenvalue weighted by Gasteiger charge is 2.42. The normalized spacial score (nSPS) is 17.1. The van der Waals surface area contributed by atoms with E-state index in [4.69, 9.17) is 6.42 Å². The molecular weight excluding hydrogens is 168 g/mol. The molecule has 0 N–H and O–H groups in total. The molecule has 2 rings (SSSR count). The van der Waals surface area contributed by atoms with Crippen LogP contribution in [0.25, 0.3) is 5.57 Å². The highest BCUT2D eigenvalue weighted by molar-refractivity contribution is 5.63. The zero-order valence-electron chi connectivity index (χ0n) is 8.51. The van der Waals surface area contributed by atoms with Crippen LogP contribution in [0, 0.1) is 12.3 Å². The maximum absolute atomic E-state index is 5.55. The minimum absolute atomic E-state index is 0.0471. The van der Waals surface area contributed by atoms with Crippen molar-refractivity contribution in [1.29, 1.82) is 0 Å². The Kier molecular flexibility index (Phi) is 1.97. The Labute approximate surface area is 85.7 Å². The molecule has 0 aliphatic heterocycles. The summed E-state index contributed by atoms with van der Waals surface area (Å²) in [5, 5.41) is 0. The van der Waals surface area contributed by atoms with Crippen LogP contribution in [0.3, 0.4) is 0 Å². The van der Waals surface area contributed by atoms with Gasteiger partial charge in [0.1, 0.15) is 0 Å². The van der Waals surface area contributed by atoms with Crippen LogP contribution in [0.15, 0.2) is 30.8 Å². The minimum Gasteiger partial charge on any atom is -0.119 e. The molecule has 1 fully saturated rings. The molecule has 0 nitrogen and oxygen atoms in total. The number of terminal acetylenes is 1. The first-order valence-electron chi connectivity index (χ1n) is 4.92. The Hall–Kier alpha value is -1.48. The van der Waals surface area contributed by atoms with Crippen LogP contribution >= 0.6 is 0 Å². The van der Waals surface area contributed by atoms with Crippen molar-refractivity contribution in [2.45, 2.75) is 25.2 Å². The highest BCUT2D eigenvalue weighted by atomic mass is 14.4. The van der Waals surface area contributed by atoms with Crippen LogP contribution in [0.2, 0.25) is 0 Å². The summed E-state index contributed by atoms with van der Waals surface area (Å²) in [5.74, 6) is 2.91. The average molecular weight is 182 g/mol. The molecule has 0 unspecified atom stereocenters. The van der Waals surface area contributed by atoms with Crippen molar-refractivity contribution in [1.82, 2.24) is 0 Å². The lowest BCUT2D eigenvalue weighted by molar-refractivity contribution is 0.930. The second-order valence-electron chi connectivity index (χ2n) is 4.09. The van der Waals surface area contributed by atoms with Gasteiger partial charge in [0.2, 0.25) is 0 Å². The van der Waals surface area contributed by atoms with Gasteiger partial charge in [-0.25, -0.2) is 0 Å². The summed E-state index contributed by atoms with van der Waals surface area (Å²) in [7, 11) is 0. The highest BCUT2D eigenvalue weighted by Crippen LogP contribution is 2.47. The molecule has 0 heteroatoms. The summed E-state index contributed by atoms with van der Waals surface area (Å²) in [6.07, 6.45) is 7.81. The SMILES string of the molecule is C#CC1(c2cccc(C(=C)C)c2)CC1. The predicted molar refractivity (Wildman–Crippen MR) is 60.9 cm³/mol. The molecule has 1 aromatic rings. The van der Waals surface area contributed by atoms with Crippen LogP contribution < -0.4 is 0 Å². The Bertz CT molecular complexity index is 414. The monoisotopic (exact) mass is 182 g/mol. The molecule has 0 spiro atoms. The van der Waals surface area contributed by atoms with E-state index in [0.29, 0.717) is 0 Å². The zero-order valence-corrected chi connectivity index (χ0v) is 8.51. The van der Waals surface area contributed by atoms with Crippen LogP contribution in [0.5, 0.6) is 0 Å². The van der Waals surface area contributed by atoms with Gasteiger partial charge in [0.25, 0.3) is 0 Å². The molecule has 0 aromatic heterocycles. The average Bonchev–Trinajstić information content (AvgIpc) is 2.98. The van der Waals surface area contributed by atoms with Crippen LogP contribution in [-0.4, -0.2) is 0 Å². The first-order chi connectivity index (χ1) is 6.68. The third-order valence-electron chi connectivity index (χ3n) is 2.93. The van der Waals surface area contributed by atoms with Gasteiger partial charge in [-0.1, -0.05) is 36.3 Å². The number of benzene rings is 1. The lowest BCUT2D eigenvalue weighted by Crippen LogP contribution is -2.02. The third-order valence-corrected chi connectivity index (χ3v) is 2.93. The summed E-state index contributed by atoms with van der Waals surface area (Å²) in [6.45, 7) is 5.97. The Balaban J connectivity index is 2.42. The van der Waals surface area contributed by atoms with Crippen molar-refractivity contribution >= 4 is 5.57 Å². The molecule has 70 valence electrons. The number of hydrogen-bond donors (Lipinski definition) is 0. The summed E-state index contributed by atoms with van der Waals surface area (Å²) in [5.41, 5.74) is 3.62. The summed E-state index contributed by atoms with van der Waals surface area (Å²) in [4.78, 5) is 0. The molecule has 1 saturated carbocycles. The molecular formula is C14H14. The smallest absolute Gasteiger partial charge is 0.0561 e. The molecule has 0 atom stereocenters. The summed E-state index contributed by atoms with van der Waals surface area (Å²) < 4.78 is 0. The molecule has 0 bridgehead atoms. The standard InChI is InChI=1S/C14H14/c1-4-14(8-9-14)13-7-5-6-12(10-13)11(2)3/h1,5-7,10H,2,8-9H2,3H3. The van der Waals surface area contributed by atoms with E-state index in [1.54, 1.807) is 0 Å². The van der Waals surface area contributed by atoms with E-state index in [2.05, 4.69) is 36.8 Å². The van der Waals surface area contributed by atoms with Crippen molar-refractivity contribution in [3.8, 4) is 12.3 Å². The van der Waals surface area contributed by atoms with E-state index in [1.807, 2.05) is 6.92 Å². The quantitative estimate of drug-likeness (QED) is 0.615. The van der Waals surface area contributed by atoms with Gasteiger partial charge in [-0.05, 0) is 37.0 Å². The van der Waals surface area contributed by atoms with E-state index in [0.717, 1.165) is 18.4 Å². The van der Waals surface area contributed by atoms with Gasteiger partial charge >= 0.3 is 0 Å². The Morgan fingerprint density at radius 2 is 2.21 bits per heavy atom. The van der Waals surface area contributed by atoms with Gasteiger partial charge in [0.15, 0.2) is 0 Å². The first-order valence-corrected chi connectivity index (χ1v) is 4.92. The third kappa shape index (κ3) is 1.36. The molecule has 0 radical (unpaired) electrons. The van der Waals surface area contributed by atoms with Crippen molar-refractivity contribution in [2.75, 3.05) is 0 Å². The predicted octanol–water partition coefficient (Wildman–Crippen LogP) is 3.38. The fraction of sp³-hybridized carbons (Fsp3) is 0.286. The molecule has 14 heavy (non-hydrogen) atoms. The second kappa shape index (κ2) is 3.03. The maximum atomic E-state index is 5.55. The lowest BCUT2D eigenvalue weighted by Gasteiger charge is -2.09. The van der Waals surface area contributed by atoms with Gasteiger partial charge < -0.3 is 0 Å². The molecule has 0 amide bonds. The fourth-order valence-corrected chi connectivity index (χ4v) is 1.72. The number of rotatable bonds is 2. The molecule has 1 aliphatic rings. The van der Waals surface area contributed by atoms with Crippen LogP contribution in [-0.2, 0) is 5.41 Å². The van der Waals surface area contributed by atoms with Crippen LogP contribution in [0.1, 0.15) is 30.9 Å². The topological polar surface area (TPSA) is 0 Å². The molecule has 0 saturated heterocycles. The minimum atomic E-state index is 0.0471. The zero-order chi connectivity index (χ0) is 10.2. The van der Waals surface area contributed by atoms with E-state index < -0.39 is 0 Å².